The van der Waals surface area contributed by atoms with Gasteiger partial charge in [-0.1, -0.05) is 0 Å². The zero-order valence-electron chi connectivity index (χ0n) is 7.52. The highest BCUT2D eigenvalue weighted by molar-refractivity contribution is 6.18. The lowest BCUT2D eigenvalue weighted by Crippen LogP contribution is -2.37. The Balaban J connectivity index is 2.46. The van der Waals surface area contributed by atoms with E-state index in [0.717, 1.165) is 0 Å². The number of β-amino-alcohol motifs (C(OH)–C–C–N with tert-alkyl or cyclic N) is 1. The van der Waals surface area contributed by atoms with Gasteiger partial charge in [-0.2, -0.15) is 0 Å². The molecule has 2 atom stereocenters. The van der Waals surface area contributed by atoms with Crippen LogP contribution in [-0.2, 0) is 9.59 Å². The number of rotatable bonds is 4. The number of carbonyl (C=O) groups is 2. The van der Waals surface area contributed by atoms with Crippen LogP contribution in [0, 0.1) is 5.92 Å². The minimum atomic E-state index is -1.51. The Labute approximate surface area is 86.3 Å². The highest BCUT2D eigenvalue weighted by atomic mass is 35.5. The number of carbonyl (C=O) groups excluding carboxylic acids is 1. The molecule has 0 aliphatic carbocycles. The monoisotopic (exact) mass is 221 g/mol. The predicted octanol–water partition coefficient (Wildman–Crippen LogP) is -0.481. The van der Waals surface area contributed by atoms with Gasteiger partial charge in [0.1, 0.15) is 0 Å². The van der Waals surface area contributed by atoms with Crippen molar-refractivity contribution in [3.05, 3.63) is 0 Å². The average molecular weight is 222 g/mol. The maximum Gasteiger partial charge on any atom is 0.334 e. The van der Waals surface area contributed by atoms with Crippen LogP contribution in [0.1, 0.15) is 6.42 Å². The summed E-state index contributed by atoms with van der Waals surface area (Å²) in [4.78, 5) is 22.9. The van der Waals surface area contributed by atoms with Crippen molar-refractivity contribution in [2.45, 2.75) is 12.5 Å². The minimum Gasteiger partial charge on any atom is -0.479 e. The summed E-state index contributed by atoms with van der Waals surface area (Å²) in [6.07, 6.45) is -1.16. The molecule has 2 N–H and O–H groups in total. The van der Waals surface area contributed by atoms with Gasteiger partial charge in [0.2, 0.25) is 5.91 Å². The molecular formula is C8H12ClNO4. The van der Waals surface area contributed by atoms with Gasteiger partial charge in [-0.3, -0.25) is 4.79 Å². The molecular weight excluding hydrogens is 210 g/mol. The van der Waals surface area contributed by atoms with Crippen LogP contribution in [0.3, 0.4) is 0 Å². The lowest BCUT2D eigenvalue weighted by Gasteiger charge is -2.17. The summed E-state index contributed by atoms with van der Waals surface area (Å²) in [5.41, 5.74) is 0. The maximum atomic E-state index is 11.3. The van der Waals surface area contributed by atoms with E-state index in [9.17, 15) is 9.59 Å². The smallest absolute Gasteiger partial charge is 0.334 e. The van der Waals surface area contributed by atoms with Crippen LogP contribution in [0.25, 0.3) is 0 Å². The largest absolute Gasteiger partial charge is 0.479 e. The molecule has 14 heavy (non-hydrogen) atoms. The number of hydrogen-bond donors (Lipinski definition) is 2. The van der Waals surface area contributed by atoms with Crippen LogP contribution >= 0.6 is 11.6 Å². The Bertz CT molecular complexity index is 245. The Morgan fingerprint density at radius 1 is 1.71 bits per heavy atom. The van der Waals surface area contributed by atoms with E-state index in [1.807, 2.05) is 0 Å². The van der Waals surface area contributed by atoms with Crippen LogP contribution in [-0.4, -0.2) is 52.1 Å². The fourth-order valence-corrected chi connectivity index (χ4v) is 1.63. The van der Waals surface area contributed by atoms with Gasteiger partial charge in [-0.05, 0) is 5.92 Å². The number of nitrogens with zero attached hydrogens (tertiary/aromatic N) is 1. The molecule has 0 aromatic heterocycles. The number of halogens is 1. The number of aliphatic hydroxyl groups is 1. The molecule has 5 nitrogen and oxygen atoms in total. The third-order valence-corrected chi connectivity index (χ3v) is 2.63. The molecule has 1 amide bonds. The van der Waals surface area contributed by atoms with Crippen molar-refractivity contribution in [1.82, 2.24) is 4.90 Å². The molecule has 0 aromatic rings. The molecule has 1 fully saturated rings. The molecule has 0 radical (unpaired) electrons. The summed E-state index contributed by atoms with van der Waals surface area (Å²) in [7, 11) is 0. The fourth-order valence-electron chi connectivity index (χ4n) is 1.42. The molecule has 1 unspecified atom stereocenters. The summed E-state index contributed by atoms with van der Waals surface area (Å²) >= 11 is 5.58. The lowest BCUT2D eigenvalue weighted by atomic mass is 10.1. The van der Waals surface area contributed by atoms with Crippen molar-refractivity contribution < 1.29 is 19.8 Å². The Kier molecular flexibility index (Phi) is 3.71. The topological polar surface area (TPSA) is 77.8 Å². The van der Waals surface area contributed by atoms with E-state index in [4.69, 9.17) is 21.8 Å². The molecule has 80 valence electrons. The fraction of sp³-hybridized carbons (Fsp3) is 0.750. The number of carboxylic acid groups (broad SMARTS) is 1. The number of amides is 1. The number of hydrogen-bond acceptors (Lipinski definition) is 3. The molecule has 1 heterocycles. The first-order valence-electron chi connectivity index (χ1n) is 4.29. The van der Waals surface area contributed by atoms with E-state index in [2.05, 4.69) is 0 Å². The van der Waals surface area contributed by atoms with Crippen LogP contribution in [0.15, 0.2) is 0 Å². The zero-order chi connectivity index (χ0) is 10.7. The van der Waals surface area contributed by atoms with Crippen molar-refractivity contribution >= 4 is 23.5 Å². The standard InChI is InChI=1S/C8H12ClNO4/c9-2-5-1-7(12)10(3-5)4-6(11)8(13)14/h5-6,11H,1-4H2,(H,13,14)/t5?,6-/m0/s1. The van der Waals surface area contributed by atoms with Crippen LogP contribution in [0.5, 0.6) is 0 Å². The van der Waals surface area contributed by atoms with Crippen LogP contribution in [0.2, 0.25) is 0 Å². The summed E-state index contributed by atoms with van der Waals surface area (Å²) in [5, 5.41) is 17.5. The van der Waals surface area contributed by atoms with E-state index in [0.29, 0.717) is 18.8 Å². The lowest BCUT2D eigenvalue weighted by molar-refractivity contribution is -0.148. The molecule has 1 saturated heterocycles. The molecule has 1 aliphatic rings. The second-order valence-electron chi connectivity index (χ2n) is 3.38. The highest BCUT2D eigenvalue weighted by Crippen LogP contribution is 2.18. The van der Waals surface area contributed by atoms with Crippen molar-refractivity contribution in [2.75, 3.05) is 19.0 Å². The summed E-state index contributed by atoms with van der Waals surface area (Å²) in [6, 6.07) is 0. The molecule has 6 heteroatoms. The third kappa shape index (κ3) is 2.59. The van der Waals surface area contributed by atoms with Gasteiger partial charge < -0.3 is 15.1 Å². The van der Waals surface area contributed by atoms with Gasteiger partial charge in [0.15, 0.2) is 6.10 Å². The molecule has 1 aliphatic heterocycles. The Morgan fingerprint density at radius 3 is 2.79 bits per heavy atom. The molecule has 0 bridgehead atoms. The average Bonchev–Trinajstić information content (AvgIpc) is 2.47. The maximum absolute atomic E-state index is 11.3. The van der Waals surface area contributed by atoms with Crippen molar-refractivity contribution in [2.24, 2.45) is 5.92 Å². The van der Waals surface area contributed by atoms with Gasteiger partial charge in [-0.15, -0.1) is 11.6 Å². The van der Waals surface area contributed by atoms with E-state index >= 15 is 0 Å². The van der Waals surface area contributed by atoms with E-state index in [1.165, 1.54) is 4.90 Å². The van der Waals surface area contributed by atoms with Gasteiger partial charge in [0.25, 0.3) is 0 Å². The number of aliphatic carboxylic acids is 1. The highest BCUT2D eigenvalue weighted by Gasteiger charge is 2.31. The van der Waals surface area contributed by atoms with Gasteiger partial charge >= 0.3 is 5.97 Å². The second-order valence-corrected chi connectivity index (χ2v) is 3.69. The van der Waals surface area contributed by atoms with Gasteiger partial charge in [0.05, 0.1) is 6.54 Å². The molecule has 0 aromatic carbocycles. The first-order chi connectivity index (χ1) is 6.54. The van der Waals surface area contributed by atoms with Crippen LogP contribution < -0.4 is 0 Å². The van der Waals surface area contributed by atoms with Crippen molar-refractivity contribution in [3.8, 4) is 0 Å². The molecule has 0 spiro atoms. The third-order valence-electron chi connectivity index (χ3n) is 2.19. The Morgan fingerprint density at radius 2 is 2.36 bits per heavy atom. The SMILES string of the molecule is O=C(O)[C@@H](O)CN1CC(CCl)CC1=O. The summed E-state index contributed by atoms with van der Waals surface area (Å²) in [6.45, 7) is 0.286. The second kappa shape index (κ2) is 4.61. The van der Waals surface area contributed by atoms with Crippen molar-refractivity contribution in [3.63, 3.8) is 0 Å². The normalized spacial score (nSPS) is 24.0. The van der Waals surface area contributed by atoms with Crippen molar-refractivity contribution in [1.29, 1.82) is 0 Å². The van der Waals surface area contributed by atoms with Crippen LogP contribution in [0.4, 0.5) is 0 Å². The Hall–Kier alpha value is -0.810. The number of likely N-dealkylation sites (tertiary alicyclic amines) is 1. The first kappa shape index (κ1) is 11.3. The molecule has 0 saturated carbocycles. The summed E-state index contributed by atoms with van der Waals surface area (Å²) < 4.78 is 0. The number of alkyl halides is 1. The first-order valence-corrected chi connectivity index (χ1v) is 4.82. The number of carboxylic acids is 1. The van der Waals surface area contributed by atoms with E-state index in [1.54, 1.807) is 0 Å². The predicted molar refractivity (Wildman–Crippen MR) is 49.0 cm³/mol. The minimum absolute atomic E-state index is 0.0742. The van der Waals surface area contributed by atoms with Gasteiger partial charge in [0, 0.05) is 18.8 Å². The number of aliphatic hydroxyl groups excluding tert-OH is 1. The van der Waals surface area contributed by atoms with E-state index < -0.39 is 12.1 Å². The quantitative estimate of drug-likeness (QED) is 0.629. The summed E-state index contributed by atoms with van der Waals surface area (Å²) in [5.74, 6) is -1.00. The molecule has 1 rings (SSSR count). The van der Waals surface area contributed by atoms with Gasteiger partial charge in [-0.25, -0.2) is 4.79 Å². The zero-order valence-corrected chi connectivity index (χ0v) is 8.28. The van der Waals surface area contributed by atoms with E-state index in [-0.39, 0.29) is 18.4 Å².